The lowest BCUT2D eigenvalue weighted by Gasteiger charge is -2.13. The van der Waals surface area contributed by atoms with Crippen molar-refractivity contribution >= 4 is 51.9 Å². The third kappa shape index (κ3) is 5.93. The number of hydrogen-bond donors (Lipinski definition) is 2. The van der Waals surface area contributed by atoms with Crippen molar-refractivity contribution in [1.29, 1.82) is 0 Å². The highest BCUT2D eigenvalue weighted by atomic mass is 127. The van der Waals surface area contributed by atoms with E-state index in [0.717, 1.165) is 14.8 Å². The van der Waals surface area contributed by atoms with Crippen LogP contribution in [0, 0.1) is 3.57 Å². The van der Waals surface area contributed by atoms with Crippen LogP contribution in [0.5, 0.6) is 0 Å². The van der Waals surface area contributed by atoms with Gasteiger partial charge in [0.1, 0.15) is 5.70 Å². The smallest absolute Gasteiger partial charge is 0.272 e. The van der Waals surface area contributed by atoms with Gasteiger partial charge < -0.3 is 15.5 Å². The number of carbonyl (C=O) groups excluding carboxylic acids is 2. The fourth-order valence-corrected chi connectivity index (χ4v) is 3.07. The molecule has 0 heterocycles. The van der Waals surface area contributed by atoms with E-state index in [1.807, 2.05) is 73.6 Å². The maximum atomic E-state index is 12.9. The summed E-state index contributed by atoms with van der Waals surface area (Å²) in [6.07, 6.45) is 1.67. The van der Waals surface area contributed by atoms with E-state index in [-0.39, 0.29) is 11.6 Å². The van der Waals surface area contributed by atoms with Gasteiger partial charge in [-0.1, -0.05) is 30.3 Å². The second-order valence-electron chi connectivity index (χ2n) is 6.83. The number of rotatable bonds is 6. The van der Waals surface area contributed by atoms with E-state index in [9.17, 15) is 9.59 Å². The highest BCUT2D eigenvalue weighted by Gasteiger charge is 2.15. The molecule has 2 amide bonds. The minimum atomic E-state index is -0.392. The van der Waals surface area contributed by atoms with Crippen LogP contribution in [-0.2, 0) is 4.79 Å². The van der Waals surface area contributed by atoms with Crippen molar-refractivity contribution in [2.75, 3.05) is 24.3 Å². The summed E-state index contributed by atoms with van der Waals surface area (Å²) in [4.78, 5) is 27.6. The molecule has 0 atom stereocenters. The molecule has 0 fully saturated rings. The number of hydrogen-bond acceptors (Lipinski definition) is 3. The number of halogens is 1. The maximum Gasteiger partial charge on any atom is 0.272 e. The first kappa shape index (κ1) is 21.6. The van der Waals surface area contributed by atoms with E-state index in [0.29, 0.717) is 11.3 Å². The van der Waals surface area contributed by atoms with Crippen molar-refractivity contribution in [3.05, 3.63) is 99.3 Å². The fourth-order valence-electron chi connectivity index (χ4n) is 2.71. The molecule has 30 heavy (non-hydrogen) atoms. The van der Waals surface area contributed by atoms with Gasteiger partial charge in [-0.3, -0.25) is 9.59 Å². The Hall–Kier alpha value is -3.13. The van der Waals surface area contributed by atoms with Crippen LogP contribution in [0.25, 0.3) is 6.08 Å². The monoisotopic (exact) mass is 511 g/mol. The summed E-state index contributed by atoms with van der Waals surface area (Å²) in [7, 11) is 3.93. The maximum absolute atomic E-state index is 12.9. The van der Waals surface area contributed by atoms with E-state index in [4.69, 9.17) is 0 Å². The molecule has 0 saturated carbocycles. The number of nitrogens with zero attached hydrogens (tertiary/aromatic N) is 1. The second-order valence-corrected chi connectivity index (χ2v) is 8.07. The molecule has 0 radical (unpaired) electrons. The molecule has 0 saturated heterocycles. The standard InChI is InChI=1S/C24H22IN3O2/c1-28(2)21-14-8-17(9-15-21)16-22(27-23(29)18-6-4-3-5-7-18)24(30)26-20-12-10-19(25)11-13-20/h3-16H,1-2H3,(H,26,30)(H,27,29)/b22-16+. The Kier molecular flexibility index (Phi) is 7.24. The molecule has 3 aromatic carbocycles. The molecule has 0 bridgehead atoms. The lowest BCUT2D eigenvalue weighted by atomic mass is 10.1. The molecule has 3 aromatic rings. The first-order valence-corrected chi connectivity index (χ1v) is 10.4. The first-order valence-electron chi connectivity index (χ1n) is 9.35. The van der Waals surface area contributed by atoms with Crippen LogP contribution >= 0.6 is 22.6 Å². The van der Waals surface area contributed by atoms with Crippen molar-refractivity contribution < 1.29 is 9.59 Å². The van der Waals surface area contributed by atoms with Gasteiger partial charge in [0.25, 0.3) is 11.8 Å². The van der Waals surface area contributed by atoms with Crippen LogP contribution in [0.2, 0.25) is 0 Å². The lowest BCUT2D eigenvalue weighted by molar-refractivity contribution is -0.113. The normalized spacial score (nSPS) is 11.0. The Bertz CT molecular complexity index is 1040. The van der Waals surface area contributed by atoms with Gasteiger partial charge in [0, 0.05) is 34.6 Å². The van der Waals surface area contributed by atoms with Crippen LogP contribution in [0.15, 0.2) is 84.6 Å². The van der Waals surface area contributed by atoms with E-state index < -0.39 is 5.91 Å². The van der Waals surface area contributed by atoms with E-state index in [1.54, 1.807) is 30.3 Å². The van der Waals surface area contributed by atoms with E-state index in [2.05, 4.69) is 33.2 Å². The fraction of sp³-hybridized carbons (Fsp3) is 0.0833. The molecule has 5 nitrogen and oxygen atoms in total. The Morgan fingerprint density at radius 2 is 1.50 bits per heavy atom. The van der Waals surface area contributed by atoms with Crippen LogP contribution in [0.1, 0.15) is 15.9 Å². The SMILES string of the molecule is CN(C)c1ccc(/C=C(/NC(=O)c2ccccc2)C(=O)Nc2ccc(I)cc2)cc1. The highest BCUT2D eigenvalue weighted by molar-refractivity contribution is 14.1. The molecule has 0 unspecified atom stereocenters. The third-order valence-corrected chi connectivity index (χ3v) is 5.07. The zero-order valence-corrected chi connectivity index (χ0v) is 18.9. The van der Waals surface area contributed by atoms with Crippen molar-refractivity contribution in [2.24, 2.45) is 0 Å². The third-order valence-electron chi connectivity index (χ3n) is 4.35. The van der Waals surface area contributed by atoms with Gasteiger partial charge in [-0.2, -0.15) is 0 Å². The van der Waals surface area contributed by atoms with E-state index in [1.165, 1.54) is 0 Å². The van der Waals surface area contributed by atoms with E-state index >= 15 is 0 Å². The Labute approximate surface area is 189 Å². The number of benzene rings is 3. The van der Waals surface area contributed by atoms with Gasteiger partial charge in [-0.15, -0.1) is 0 Å². The number of anilines is 2. The molecule has 0 aliphatic rings. The predicted molar refractivity (Wildman–Crippen MR) is 130 cm³/mol. The number of amides is 2. The van der Waals surface area contributed by atoms with Crippen LogP contribution in [0.4, 0.5) is 11.4 Å². The van der Waals surface area contributed by atoms with Crippen molar-refractivity contribution in [2.45, 2.75) is 0 Å². The van der Waals surface area contributed by atoms with Gasteiger partial charge >= 0.3 is 0 Å². The molecular weight excluding hydrogens is 489 g/mol. The van der Waals surface area contributed by atoms with Gasteiger partial charge in [-0.25, -0.2) is 0 Å². The average Bonchev–Trinajstić information content (AvgIpc) is 2.75. The Balaban J connectivity index is 1.87. The summed E-state index contributed by atoms with van der Waals surface area (Å²) in [5, 5.41) is 5.59. The average molecular weight is 511 g/mol. The topological polar surface area (TPSA) is 61.4 Å². The van der Waals surface area contributed by atoms with Crippen LogP contribution < -0.4 is 15.5 Å². The lowest BCUT2D eigenvalue weighted by Crippen LogP contribution is -2.30. The van der Waals surface area contributed by atoms with Crippen LogP contribution in [0.3, 0.4) is 0 Å². The zero-order valence-electron chi connectivity index (χ0n) is 16.7. The summed E-state index contributed by atoms with van der Waals surface area (Å²) in [5.41, 5.74) is 3.16. The van der Waals surface area contributed by atoms with Gasteiger partial charge in [0.15, 0.2) is 0 Å². The molecule has 0 aliphatic carbocycles. The molecule has 152 valence electrons. The molecule has 0 aliphatic heterocycles. The number of nitrogens with one attached hydrogen (secondary N) is 2. The summed E-state index contributed by atoms with van der Waals surface area (Å²) in [5.74, 6) is -0.735. The molecule has 0 aromatic heterocycles. The van der Waals surface area contributed by atoms with Crippen molar-refractivity contribution in [3.8, 4) is 0 Å². The largest absolute Gasteiger partial charge is 0.378 e. The minimum Gasteiger partial charge on any atom is -0.378 e. The summed E-state index contributed by atoms with van der Waals surface area (Å²) in [6, 6.07) is 24.0. The molecule has 2 N–H and O–H groups in total. The predicted octanol–water partition coefficient (Wildman–Crippen LogP) is 4.77. The highest BCUT2D eigenvalue weighted by Crippen LogP contribution is 2.16. The molecule has 6 heteroatoms. The summed E-state index contributed by atoms with van der Waals surface area (Å²) >= 11 is 2.20. The van der Waals surface area contributed by atoms with Crippen molar-refractivity contribution in [3.63, 3.8) is 0 Å². The molecule has 3 rings (SSSR count). The van der Waals surface area contributed by atoms with Gasteiger partial charge in [0.05, 0.1) is 0 Å². The minimum absolute atomic E-state index is 0.167. The van der Waals surface area contributed by atoms with Crippen molar-refractivity contribution in [1.82, 2.24) is 5.32 Å². The van der Waals surface area contributed by atoms with Crippen LogP contribution in [-0.4, -0.2) is 25.9 Å². The summed E-state index contributed by atoms with van der Waals surface area (Å²) < 4.78 is 1.07. The molecule has 0 spiro atoms. The van der Waals surface area contributed by atoms with Gasteiger partial charge in [-0.05, 0) is 82.8 Å². The van der Waals surface area contributed by atoms with Gasteiger partial charge in [0.2, 0.25) is 0 Å². The summed E-state index contributed by atoms with van der Waals surface area (Å²) in [6.45, 7) is 0. The quantitative estimate of drug-likeness (QED) is 0.371. The number of carbonyl (C=O) groups is 2. The Morgan fingerprint density at radius 3 is 2.10 bits per heavy atom. The zero-order chi connectivity index (χ0) is 21.5. The molecular formula is C24H22IN3O2. The first-order chi connectivity index (χ1) is 14.4. The Morgan fingerprint density at radius 1 is 0.867 bits per heavy atom. The second kappa shape index (κ2) is 10.1.